The molecular formula is C14H16N4O2. The zero-order chi connectivity index (χ0) is 13.4. The van der Waals surface area contributed by atoms with Gasteiger partial charge < -0.3 is 14.2 Å². The van der Waals surface area contributed by atoms with Gasteiger partial charge in [0.15, 0.2) is 0 Å². The van der Waals surface area contributed by atoms with E-state index < -0.39 is 0 Å². The van der Waals surface area contributed by atoms with Crippen molar-refractivity contribution in [2.45, 2.75) is 18.8 Å². The number of nitrogens with zero attached hydrogens (tertiary/aromatic N) is 4. The Balaban J connectivity index is 1.60. The van der Waals surface area contributed by atoms with E-state index in [0.29, 0.717) is 11.7 Å². The molecule has 0 spiro atoms. The van der Waals surface area contributed by atoms with Crippen LogP contribution in [0, 0.1) is 0 Å². The normalized spacial score (nSPS) is 19.3. The maximum Gasteiger partial charge on any atom is 0.230 e. The molecule has 1 saturated carbocycles. The smallest absolute Gasteiger partial charge is 0.230 e. The largest absolute Gasteiger partial charge is 0.378 e. The zero-order valence-corrected chi connectivity index (χ0v) is 11.2. The quantitative estimate of drug-likeness (QED) is 0.849. The standard InChI is InChI=1S/C14H16N4O2/c1-2-10(1)14-16-13(17-20-14)11-3-4-15-12(9-11)18-5-7-19-8-6-18/h3-4,9-10H,1-2,5-8H2. The van der Waals surface area contributed by atoms with Crippen LogP contribution in [-0.2, 0) is 4.74 Å². The predicted molar refractivity (Wildman–Crippen MR) is 72.5 cm³/mol. The third kappa shape index (κ3) is 2.27. The maximum atomic E-state index is 5.36. The van der Waals surface area contributed by atoms with Crippen LogP contribution in [0.2, 0.25) is 0 Å². The Hall–Kier alpha value is -1.95. The fourth-order valence-corrected chi connectivity index (χ4v) is 2.37. The van der Waals surface area contributed by atoms with Crippen LogP contribution in [0.15, 0.2) is 22.9 Å². The third-order valence-electron chi connectivity index (χ3n) is 3.71. The van der Waals surface area contributed by atoms with Crippen molar-refractivity contribution in [3.05, 3.63) is 24.2 Å². The highest BCUT2D eigenvalue weighted by Crippen LogP contribution is 2.39. The Morgan fingerprint density at radius 3 is 2.85 bits per heavy atom. The minimum Gasteiger partial charge on any atom is -0.378 e. The highest BCUT2D eigenvalue weighted by Gasteiger charge is 2.29. The lowest BCUT2D eigenvalue weighted by molar-refractivity contribution is 0.122. The van der Waals surface area contributed by atoms with Gasteiger partial charge in [0, 0.05) is 30.8 Å². The second-order valence-corrected chi connectivity index (χ2v) is 5.23. The summed E-state index contributed by atoms with van der Waals surface area (Å²) in [6.07, 6.45) is 4.13. The fraction of sp³-hybridized carbons (Fsp3) is 0.500. The topological polar surface area (TPSA) is 64.3 Å². The molecule has 6 nitrogen and oxygen atoms in total. The van der Waals surface area contributed by atoms with Crippen LogP contribution in [0.1, 0.15) is 24.7 Å². The first kappa shape index (κ1) is 11.8. The van der Waals surface area contributed by atoms with Gasteiger partial charge in [0.2, 0.25) is 11.7 Å². The van der Waals surface area contributed by atoms with Crippen molar-refractivity contribution in [2.75, 3.05) is 31.2 Å². The van der Waals surface area contributed by atoms with Gasteiger partial charge in [-0.2, -0.15) is 4.98 Å². The number of anilines is 1. The monoisotopic (exact) mass is 272 g/mol. The molecule has 4 rings (SSSR count). The SMILES string of the molecule is c1cc(-c2noc(C3CC3)n2)cc(N2CCOCC2)n1. The maximum absolute atomic E-state index is 5.36. The molecule has 2 aromatic heterocycles. The van der Waals surface area contributed by atoms with Gasteiger partial charge >= 0.3 is 0 Å². The molecule has 0 unspecified atom stereocenters. The number of pyridine rings is 1. The number of hydrogen-bond donors (Lipinski definition) is 0. The highest BCUT2D eigenvalue weighted by molar-refractivity contribution is 5.59. The lowest BCUT2D eigenvalue weighted by Crippen LogP contribution is -2.36. The Morgan fingerprint density at radius 2 is 2.05 bits per heavy atom. The Bertz CT molecular complexity index is 603. The van der Waals surface area contributed by atoms with E-state index in [9.17, 15) is 0 Å². The first-order valence-corrected chi connectivity index (χ1v) is 7.03. The molecule has 104 valence electrons. The minimum atomic E-state index is 0.483. The van der Waals surface area contributed by atoms with Crippen LogP contribution in [0.25, 0.3) is 11.4 Å². The van der Waals surface area contributed by atoms with E-state index >= 15 is 0 Å². The molecule has 20 heavy (non-hydrogen) atoms. The van der Waals surface area contributed by atoms with E-state index in [2.05, 4.69) is 20.0 Å². The second kappa shape index (κ2) is 4.86. The van der Waals surface area contributed by atoms with Crippen LogP contribution < -0.4 is 4.90 Å². The number of aromatic nitrogens is 3. The molecule has 2 fully saturated rings. The van der Waals surface area contributed by atoms with Gasteiger partial charge in [-0.25, -0.2) is 4.98 Å². The van der Waals surface area contributed by atoms with Crippen LogP contribution in [0.3, 0.4) is 0 Å². The molecule has 1 aliphatic heterocycles. The molecular weight excluding hydrogens is 256 g/mol. The molecule has 0 N–H and O–H groups in total. The Labute approximate surface area is 116 Å². The zero-order valence-electron chi connectivity index (χ0n) is 11.2. The molecule has 0 atom stereocenters. The molecule has 0 radical (unpaired) electrons. The lowest BCUT2D eigenvalue weighted by Gasteiger charge is -2.27. The van der Waals surface area contributed by atoms with Crippen LogP contribution in [-0.4, -0.2) is 41.4 Å². The van der Waals surface area contributed by atoms with E-state index in [1.165, 1.54) is 0 Å². The summed E-state index contributed by atoms with van der Waals surface area (Å²) in [4.78, 5) is 11.1. The van der Waals surface area contributed by atoms with E-state index in [-0.39, 0.29) is 0 Å². The molecule has 6 heteroatoms. The lowest BCUT2D eigenvalue weighted by atomic mass is 10.2. The summed E-state index contributed by atoms with van der Waals surface area (Å²) in [5.74, 6) is 2.86. The van der Waals surface area contributed by atoms with Crippen molar-refractivity contribution >= 4 is 5.82 Å². The van der Waals surface area contributed by atoms with Crippen molar-refractivity contribution in [3.8, 4) is 11.4 Å². The van der Waals surface area contributed by atoms with E-state index in [1.54, 1.807) is 6.20 Å². The summed E-state index contributed by atoms with van der Waals surface area (Å²) in [5.41, 5.74) is 0.956. The number of hydrogen-bond acceptors (Lipinski definition) is 6. The van der Waals surface area contributed by atoms with Crippen LogP contribution >= 0.6 is 0 Å². The third-order valence-corrected chi connectivity index (χ3v) is 3.71. The van der Waals surface area contributed by atoms with Crippen LogP contribution in [0.5, 0.6) is 0 Å². The molecule has 0 bridgehead atoms. The number of rotatable bonds is 3. The van der Waals surface area contributed by atoms with Gasteiger partial charge in [0.05, 0.1) is 13.2 Å². The van der Waals surface area contributed by atoms with E-state index in [0.717, 1.165) is 56.4 Å². The first-order valence-electron chi connectivity index (χ1n) is 7.03. The van der Waals surface area contributed by atoms with E-state index in [4.69, 9.17) is 9.26 Å². The summed E-state index contributed by atoms with van der Waals surface area (Å²) >= 11 is 0. The summed E-state index contributed by atoms with van der Waals surface area (Å²) in [6, 6.07) is 3.94. The van der Waals surface area contributed by atoms with Crippen molar-refractivity contribution in [3.63, 3.8) is 0 Å². The van der Waals surface area contributed by atoms with Gasteiger partial charge in [0.25, 0.3) is 0 Å². The molecule has 1 saturated heterocycles. The van der Waals surface area contributed by atoms with Gasteiger partial charge in [-0.15, -0.1) is 0 Å². The summed E-state index contributed by atoms with van der Waals surface area (Å²) in [6.45, 7) is 3.24. The number of ether oxygens (including phenoxy) is 1. The Morgan fingerprint density at radius 1 is 1.20 bits per heavy atom. The molecule has 0 aromatic carbocycles. The molecule has 0 amide bonds. The molecule has 1 aliphatic carbocycles. The highest BCUT2D eigenvalue weighted by atomic mass is 16.5. The minimum absolute atomic E-state index is 0.483. The van der Waals surface area contributed by atoms with Crippen molar-refractivity contribution < 1.29 is 9.26 Å². The van der Waals surface area contributed by atoms with Crippen molar-refractivity contribution in [1.29, 1.82) is 0 Å². The summed E-state index contributed by atoms with van der Waals surface area (Å²) < 4.78 is 10.7. The molecule has 3 heterocycles. The first-order chi connectivity index (χ1) is 9.90. The summed E-state index contributed by atoms with van der Waals surface area (Å²) in [5, 5.41) is 4.08. The van der Waals surface area contributed by atoms with Crippen molar-refractivity contribution in [2.24, 2.45) is 0 Å². The second-order valence-electron chi connectivity index (χ2n) is 5.23. The molecule has 2 aliphatic rings. The van der Waals surface area contributed by atoms with Gasteiger partial charge in [-0.1, -0.05) is 5.16 Å². The average molecular weight is 272 g/mol. The van der Waals surface area contributed by atoms with Gasteiger partial charge in [-0.05, 0) is 25.0 Å². The Kier molecular flexibility index (Phi) is 2.88. The van der Waals surface area contributed by atoms with Gasteiger partial charge in [0.1, 0.15) is 5.82 Å². The predicted octanol–water partition coefficient (Wildman–Crippen LogP) is 1.85. The summed E-state index contributed by atoms with van der Waals surface area (Å²) in [7, 11) is 0. The van der Waals surface area contributed by atoms with Gasteiger partial charge in [-0.3, -0.25) is 0 Å². The van der Waals surface area contributed by atoms with E-state index in [1.807, 2.05) is 12.1 Å². The number of morpholine rings is 1. The fourth-order valence-electron chi connectivity index (χ4n) is 2.37. The van der Waals surface area contributed by atoms with Crippen molar-refractivity contribution in [1.82, 2.24) is 15.1 Å². The van der Waals surface area contributed by atoms with Crippen LogP contribution in [0.4, 0.5) is 5.82 Å². The average Bonchev–Trinajstić information content (AvgIpc) is 3.26. The molecule has 2 aromatic rings.